The molecule has 1 nitrogen and oxygen atoms in total. The van der Waals surface area contributed by atoms with E-state index < -0.39 is 17.8 Å². The van der Waals surface area contributed by atoms with Crippen LogP contribution in [0.5, 0.6) is 0 Å². The van der Waals surface area contributed by atoms with E-state index in [0.29, 0.717) is 0 Å². The number of hydrogen-bond donors (Lipinski definition) is 1. The second kappa shape index (κ2) is 4.37. The lowest BCUT2D eigenvalue weighted by molar-refractivity contribution is -0.137. The predicted molar refractivity (Wildman–Crippen MR) is 52.0 cm³/mol. The van der Waals surface area contributed by atoms with Crippen LogP contribution >= 0.6 is 0 Å². The summed E-state index contributed by atoms with van der Waals surface area (Å²) in [6.45, 7) is 1.61. The first-order chi connectivity index (χ1) is 6.91. The topological polar surface area (TPSA) is 26.0 Å². The van der Waals surface area contributed by atoms with E-state index in [1.807, 2.05) is 0 Å². The average molecular weight is 213 g/mol. The van der Waals surface area contributed by atoms with Crippen LogP contribution < -0.4 is 5.73 Å². The first-order valence-electron chi connectivity index (χ1n) is 4.34. The maximum Gasteiger partial charge on any atom is 0.417 e. The van der Waals surface area contributed by atoms with Crippen LogP contribution in [0.4, 0.5) is 13.2 Å². The molecule has 80 valence electrons. The van der Waals surface area contributed by atoms with E-state index in [9.17, 15) is 13.2 Å². The molecule has 4 heteroatoms. The Balaban J connectivity index is 3.15. The van der Waals surface area contributed by atoms with Gasteiger partial charge in [-0.15, -0.1) is 0 Å². The molecule has 0 aliphatic rings. The standard InChI is InChI=1S/C11H10F3N/c1-8(15)6-7-9-4-2-3-5-10(9)11(12,13)14/h2-5,8H,15H2,1H3. The maximum absolute atomic E-state index is 12.5. The zero-order valence-electron chi connectivity index (χ0n) is 8.10. The summed E-state index contributed by atoms with van der Waals surface area (Å²) < 4.78 is 37.4. The largest absolute Gasteiger partial charge is 0.417 e. The van der Waals surface area contributed by atoms with Crippen LogP contribution in [-0.2, 0) is 6.18 Å². The lowest BCUT2D eigenvalue weighted by Gasteiger charge is -2.08. The molecule has 0 fully saturated rings. The van der Waals surface area contributed by atoms with Crippen molar-refractivity contribution in [1.29, 1.82) is 0 Å². The first kappa shape index (κ1) is 11.6. The molecule has 1 atom stereocenters. The van der Waals surface area contributed by atoms with E-state index in [1.165, 1.54) is 18.2 Å². The highest BCUT2D eigenvalue weighted by Crippen LogP contribution is 2.31. The number of halogens is 3. The summed E-state index contributed by atoms with van der Waals surface area (Å²) in [7, 11) is 0. The molecule has 0 amide bonds. The molecule has 0 saturated carbocycles. The SMILES string of the molecule is CC(N)C#Cc1ccccc1C(F)(F)F. The van der Waals surface area contributed by atoms with Crippen molar-refractivity contribution in [3.05, 3.63) is 35.4 Å². The minimum Gasteiger partial charge on any atom is -0.318 e. The minimum absolute atomic E-state index is 0.0395. The summed E-state index contributed by atoms with van der Waals surface area (Å²) in [5, 5.41) is 0. The van der Waals surface area contributed by atoms with Crippen LogP contribution in [0, 0.1) is 11.8 Å². The quantitative estimate of drug-likeness (QED) is 0.658. The Labute approximate surface area is 86.1 Å². The molecule has 0 spiro atoms. The van der Waals surface area contributed by atoms with Crippen molar-refractivity contribution in [3.8, 4) is 11.8 Å². The number of nitrogens with two attached hydrogens (primary N) is 1. The van der Waals surface area contributed by atoms with E-state index >= 15 is 0 Å². The molecule has 15 heavy (non-hydrogen) atoms. The van der Waals surface area contributed by atoms with Crippen LogP contribution in [-0.4, -0.2) is 6.04 Å². The minimum atomic E-state index is -4.37. The van der Waals surface area contributed by atoms with Gasteiger partial charge in [0, 0.05) is 5.56 Å². The number of hydrogen-bond acceptors (Lipinski definition) is 1. The fraction of sp³-hybridized carbons (Fsp3) is 0.273. The van der Waals surface area contributed by atoms with Gasteiger partial charge in [-0.2, -0.15) is 13.2 Å². The summed E-state index contributed by atoms with van der Waals surface area (Å²) in [6, 6.07) is 4.75. The van der Waals surface area contributed by atoms with E-state index in [-0.39, 0.29) is 5.56 Å². The van der Waals surface area contributed by atoms with Crippen molar-refractivity contribution >= 4 is 0 Å². The Morgan fingerprint density at radius 3 is 2.40 bits per heavy atom. The van der Waals surface area contributed by atoms with Crippen LogP contribution in [0.15, 0.2) is 24.3 Å². The van der Waals surface area contributed by atoms with Gasteiger partial charge in [-0.3, -0.25) is 0 Å². The molecular formula is C11H10F3N. The number of benzene rings is 1. The normalized spacial score (nSPS) is 12.9. The summed E-state index contributed by atoms with van der Waals surface area (Å²) >= 11 is 0. The molecular weight excluding hydrogens is 203 g/mol. The van der Waals surface area contributed by atoms with Gasteiger partial charge in [-0.1, -0.05) is 24.0 Å². The van der Waals surface area contributed by atoms with Crippen LogP contribution in [0.2, 0.25) is 0 Å². The van der Waals surface area contributed by atoms with Crippen molar-refractivity contribution < 1.29 is 13.2 Å². The monoisotopic (exact) mass is 213 g/mol. The zero-order valence-corrected chi connectivity index (χ0v) is 8.10. The second-order valence-corrected chi connectivity index (χ2v) is 3.10. The van der Waals surface area contributed by atoms with Gasteiger partial charge in [0.1, 0.15) is 0 Å². The van der Waals surface area contributed by atoms with E-state index in [4.69, 9.17) is 5.73 Å². The Bertz CT molecular complexity index is 396. The van der Waals surface area contributed by atoms with Gasteiger partial charge in [0.15, 0.2) is 0 Å². The van der Waals surface area contributed by atoms with Gasteiger partial charge in [0.25, 0.3) is 0 Å². The second-order valence-electron chi connectivity index (χ2n) is 3.10. The van der Waals surface area contributed by atoms with Crippen molar-refractivity contribution in [2.45, 2.75) is 19.1 Å². The van der Waals surface area contributed by atoms with E-state index in [2.05, 4.69) is 11.8 Å². The third-order valence-corrected chi connectivity index (χ3v) is 1.67. The lowest BCUT2D eigenvalue weighted by atomic mass is 10.1. The summed E-state index contributed by atoms with van der Waals surface area (Å²) in [6.07, 6.45) is -4.37. The van der Waals surface area contributed by atoms with Crippen LogP contribution in [0.1, 0.15) is 18.1 Å². The smallest absolute Gasteiger partial charge is 0.318 e. The predicted octanol–water partition coefficient (Wildman–Crippen LogP) is 2.40. The van der Waals surface area contributed by atoms with Crippen molar-refractivity contribution in [2.24, 2.45) is 5.73 Å². The Kier molecular flexibility index (Phi) is 3.38. The third-order valence-electron chi connectivity index (χ3n) is 1.67. The molecule has 1 aromatic rings. The van der Waals surface area contributed by atoms with E-state index in [1.54, 1.807) is 6.92 Å². The van der Waals surface area contributed by atoms with Crippen molar-refractivity contribution in [3.63, 3.8) is 0 Å². The van der Waals surface area contributed by atoms with Crippen molar-refractivity contribution in [2.75, 3.05) is 0 Å². The molecule has 1 aromatic carbocycles. The van der Waals surface area contributed by atoms with Crippen LogP contribution in [0.25, 0.3) is 0 Å². The van der Waals surface area contributed by atoms with Gasteiger partial charge in [-0.25, -0.2) is 0 Å². The summed E-state index contributed by atoms with van der Waals surface area (Å²) in [5.41, 5.74) is 4.58. The highest BCUT2D eigenvalue weighted by atomic mass is 19.4. The third kappa shape index (κ3) is 3.30. The van der Waals surface area contributed by atoms with E-state index in [0.717, 1.165) is 6.07 Å². The first-order valence-corrected chi connectivity index (χ1v) is 4.34. The molecule has 0 radical (unpaired) electrons. The van der Waals surface area contributed by atoms with Gasteiger partial charge in [0.2, 0.25) is 0 Å². The average Bonchev–Trinajstić information content (AvgIpc) is 2.13. The Morgan fingerprint density at radius 2 is 1.87 bits per heavy atom. The van der Waals surface area contributed by atoms with Crippen LogP contribution in [0.3, 0.4) is 0 Å². The molecule has 0 aliphatic heterocycles. The Hall–Kier alpha value is -1.47. The molecule has 1 rings (SSSR count). The summed E-state index contributed by atoms with van der Waals surface area (Å²) in [5.74, 6) is 4.93. The number of rotatable bonds is 0. The zero-order chi connectivity index (χ0) is 11.5. The molecule has 2 N–H and O–H groups in total. The molecule has 0 bridgehead atoms. The highest BCUT2D eigenvalue weighted by molar-refractivity contribution is 5.43. The molecule has 0 aliphatic carbocycles. The van der Waals surface area contributed by atoms with Gasteiger partial charge in [-0.05, 0) is 19.1 Å². The summed E-state index contributed by atoms with van der Waals surface area (Å²) in [4.78, 5) is 0. The van der Waals surface area contributed by atoms with Gasteiger partial charge < -0.3 is 5.73 Å². The van der Waals surface area contributed by atoms with Crippen molar-refractivity contribution in [1.82, 2.24) is 0 Å². The van der Waals surface area contributed by atoms with Gasteiger partial charge >= 0.3 is 6.18 Å². The Morgan fingerprint density at radius 1 is 1.27 bits per heavy atom. The number of alkyl halides is 3. The molecule has 0 heterocycles. The molecule has 0 saturated heterocycles. The lowest BCUT2D eigenvalue weighted by Crippen LogP contribution is -2.12. The molecule has 0 aromatic heterocycles. The fourth-order valence-electron chi connectivity index (χ4n) is 1.03. The fourth-order valence-corrected chi connectivity index (χ4v) is 1.03. The maximum atomic E-state index is 12.5. The van der Waals surface area contributed by atoms with Gasteiger partial charge in [0.05, 0.1) is 11.6 Å². The molecule has 1 unspecified atom stereocenters. The highest BCUT2D eigenvalue weighted by Gasteiger charge is 2.32.